The molecule has 18 atom stereocenters. The van der Waals surface area contributed by atoms with Crippen molar-refractivity contribution in [1.82, 2.24) is 24.5 Å². The highest BCUT2D eigenvalue weighted by molar-refractivity contribution is 5.66. The minimum Gasteiger partial charge on any atom is -0.488 e. The molecule has 5 aromatic carbocycles. The van der Waals surface area contributed by atoms with Crippen molar-refractivity contribution >= 4 is 0 Å². The first-order valence-corrected chi connectivity index (χ1v) is 52.8. The average molecular weight is 1800 g/mol. The first kappa shape index (κ1) is 97.8. The SMILES string of the molecule is C=C1CC[C@@]2(O)C3Cc4ccc(OC(C)(C)C)c5c4[C@@]2(CCN3C(C)(C)C)[C@H]1O5.CC(C)(C)Oc1ccc2c(c1)C13CCCCC1[C@H](C2)N(C(C)(C)C)CC3.CC(C)(C)c1ccc2c(c1)C13CCCCC1[C@H](C2)N(C(C)(C)C)CC3.C[C@H]1C2Cc3ccc(OC(C)(C)C)cc3[C@]1(C)CCN2C(C)(C)C.C[C@H]1C=CC2C3Cc4ccc(OC(C)(C)C)c5c4[C@@]2(CCN3C(C)(C)C)[C@H]1O5. The number of rotatable bonds is 4. The molecule has 12 nitrogen and oxygen atoms in total. The molecule has 3 saturated carbocycles. The van der Waals surface area contributed by atoms with E-state index < -0.39 is 11.0 Å². The summed E-state index contributed by atoms with van der Waals surface area (Å²) in [4.78, 5) is 13.7. The van der Waals surface area contributed by atoms with Crippen LogP contribution in [0.2, 0.25) is 0 Å². The van der Waals surface area contributed by atoms with E-state index in [1.54, 1.807) is 22.3 Å². The number of hydrogen-bond acceptors (Lipinski definition) is 12. The van der Waals surface area contributed by atoms with Gasteiger partial charge < -0.3 is 33.5 Å². The van der Waals surface area contributed by atoms with Gasteiger partial charge in [0.05, 0.1) is 11.0 Å². The predicted octanol–water partition coefficient (Wildman–Crippen LogP) is 26.2. The Balaban J connectivity index is 0.000000115. The molecule has 8 fully saturated rings. The van der Waals surface area contributed by atoms with Gasteiger partial charge in [-0.05, 0) is 436 Å². The van der Waals surface area contributed by atoms with Crippen LogP contribution >= 0.6 is 0 Å². The number of benzene rings is 5. The van der Waals surface area contributed by atoms with Crippen molar-refractivity contribution in [1.29, 1.82) is 0 Å². The van der Waals surface area contributed by atoms with Gasteiger partial charge in [0, 0.05) is 104 Å². The lowest BCUT2D eigenvalue weighted by Crippen LogP contribution is -2.77. The fraction of sp³-hybridized carbons (Fsp3) is 0.717. The van der Waals surface area contributed by atoms with E-state index in [1.807, 2.05) is 0 Å². The van der Waals surface area contributed by atoms with Gasteiger partial charge in [0.1, 0.15) is 46.1 Å². The van der Waals surface area contributed by atoms with E-state index in [4.69, 9.17) is 28.4 Å². The molecule has 2 spiro atoms. The molecule has 9 aliphatic carbocycles. The van der Waals surface area contributed by atoms with Crippen LogP contribution in [0.5, 0.6) is 34.5 Å². The number of aliphatic hydroxyl groups is 1. The Bertz CT molecular complexity index is 5180. The Kier molecular flexibility index (Phi) is 24.6. The minimum atomic E-state index is -0.803. The van der Waals surface area contributed by atoms with Gasteiger partial charge in [0.2, 0.25) is 0 Å². The quantitative estimate of drug-likeness (QED) is 0.174. The van der Waals surface area contributed by atoms with Crippen LogP contribution in [0.1, 0.15) is 386 Å². The van der Waals surface area contributed by atoms with Crippen molar-refractivity contribution in [3.05, 3.63) is 164 Å². The molecule has 5 saturated heterocycles. The Hall–Kier alpha value is -5.86. The zero-order valence-electron chi connectivity index (χ0n) is 89.1. The summed E-state index contributed by atoms with van der Waals surface area (Å²) in [6, 6.07) is 32.9. The lowest BCUT2D eigenvalue weighted by Gasteiger charge is -2.65. The van der Waals surface area contributed by atoms with E-state index in [0.29, 0.717) is 46.7 Å². The summed E-state index contributed by atoms with van der Waals surface area (Å²) < 4.78 is 38.5. The van der Waals surface area contributed by atoms with E-state index in [2.05, 4.69) is 351 Å². The smallest absolute Gasteiger partial charge is 0.166 e. The van der Waals surface area contributed by atoms with Crippen LogP contribution in [0.25, 0.3) is 0 Å². The van der Waals surface area contributed by atoms with E-state index >= 15 is 0 Å². The molecule has 726 valence electrons. The predicted molar refractivity (Wildman–Crippen MR) is 546 cm³/mol. The molecule has 8 unspecified atom stereocenters. The summed E-state index contributed by atoms with van der Waals surface area (Å²) in [5, 5.41) is 12.4. The van der Waals surface area contributed by atoms with Crippen molar-refractivity contribution in [3.63, 3.8) is 0 Å². The third-order valence-electron chi connectivity index (χ3n) is 36.0. The molecular weight excluding hydrogens is 1620 g/mol. The van der Waals surface area contributed by atoms with Crippen LogP contribution < -0.4 is 28.4 Å². The summed E-state index contributed by atoms with van der Waals surface area (Å²) in [6.07, 6.45) is 29.5. The Labute approximate surface area is 801 Å². The van der Waals surface area contributed by atoms with Gasteiger partial charge >= 0.3 is 0 Å². The monoisotopic (exact) mass is 1800 g/mol. The third kappa shape index (κ3) is 17.0. The number of likely N-dealkylation sites (tertiary alicyclic amines) is 5. The van der Waals surface area contributed by atoms with Crippen LogP contribution in [0.3, 0.4) is 0 Å². The molecule has 0 radical (unpaired) electrons. The van der Waals surface area contributed by atoms with Gasteiger partial charge in [-0.15, -0.1) is 0 Å². The highest BCUT2D eigenvalue weighted by atomic mass is 16.6. The summed E-state index contributed by atoms with van der Waals surface area (Å²) in [5.74, 6) is 9.02. The molecule has 10 bridgehead atoms. The maximum absolute atomic E-state index is 12.4. The Morgan fingerprint density at radius 2 is 0.826 bits per heavy atom. The van der Waals surface area contributed by atoms with Gasteiger partial charge in [0.25, 0.3) is 0 Å². The summed E-state index contributed by atoms with van der Waals surface area (Å²) in [5.41, 5.74) is 18.3. The van der Waals surface area contributed by atoms with Gasteiger partial charge in [-0.25, -0.2) is 0 Å². The first-order valence-electron chi connectivity index (χ1n) is 52.8. The van der Waals surface area contributed by atoms with Crippen molar-refractivity contribution in [2.45, 2.75) is 488 Å². The molecule has 7 heterocycles. The topological polar surface area (TPSA) is 91.8 Å². The normalized spacial score (nSPS) is 33.7. The van der Waals surface area contributed by atoms with Crippen molar-refractivity contribution < 1.29 is 33.5 Å². The van der Waals surface area contributed by atoms with E-state index in [-0.39, 0.29) is 84.6 Å². The summed E-state index contributed by atoms with van der Waals surface area (Å²) in [6.45, 7) is 85.3. The van der Waals surface area contributed by atoms with Crippen LogP contribution in [0, 0.1) is 29.6 Å². The fourth-order valence-corrected chi connectivity index (χ4v) is 30.6. The number of nitrogens with zero attached hydrogens (tertiary/aromatic N) is 5. The second-order valence-corrected chi connectivity index (χ2v) is 55.0. The molecule has 0 aromatic heterocycles. The van der Waals surface area contributed by atoms with Crippen molar-refractivity contribution in [2.75, 3.05) is 32.7 Å². The first-order chi connectivity index (χ1) is 61.1. The van der Waals surface area contributed by atoms with Crippen LogP contribution in [0.4, 0.5) is 0 Å². The molecule has 12 heteroatoms. The zero-order chi connectivity index (χ0) is 95.7. The molecule has 132 heavy (non-hydrogen) atoms. The van der Waals surface area contributed by atoms with Crippen LogP contribution in [-0.2, 0) is 64.6 Å². The molecule has 0 amide bonds. The average Bonchev–Trinajstić information content (AvgIpc) is 1.49. The molecule has 16 aliphatic rings. The maximum atomic E-state index is 12.4. The second kappa shape index (κ2) is 33.2. The van der Waals surface area contributed by atoms with E-state index in [1.165, 1.54) is 155 Å². The lowest BCUT2D eigenvalue weighted by molar-refractivity contribution is -0.189. The van der Waals surface area contributed by atoms with Crippen molar-refractivity contribution in [3.8, 4) is 34.5 Å². The standard InChI is InChI=1S/C25H35NO3.C25H35NO2.C24H37NO.C24H37N.C22H35NO/c1-15-10-11-25(27)18-14-16-8-9-17(29-23(5,6)7)20-19(16)24(25,21(15)28-20)12-13-26(18)22(2,3)4;1-15-8-10-17-18-14-16-9-11-19(28-24(5,6)7)21-20(16)25(17,22(15)27-21)12-13-26(18)23(2,3)4;1-22(2,3)25-14-13-24-12-8-7-9-19(24)21(25)15-17-10-11-18(16-20(17)24)26-23(4,5)6;1-22(2,3)18-11-10-17-15-21-19-9-7-8-12-24(19,20(17)16-18)13-14-25(21)23(4,5)6;1-15-19-13-16-9-10-17(24-21(5,6)7)14-18(16)22(15,8)11-12-23(19)20(2,3)4/h8-9,18,21,27H,1,10-14H2,2-7H3;8-11,15,17-18,22H,12-14H2,1-7H3;10-11,16,19,21H,7-9,12-15H2,1-6H3;10-11,16,19,21H,7-9,12-15H2,1-6H3;9-10,14-15,19H,11-13H2,1-8H3/t18?,21-,24-,25+;15-,17?,18?,22-,25-;2*19?,21-,24?;15-,19?,22+/m00000/s1. The second-order valence-electron chi connectivity index (χ2n) is 55.0. The van der Waals surface area contributed by atoms with Gasteiger partial charge in [-0.3, -0.25) is 24.5 Å². The summed E-state index contributed by atoms with van der Waals surface area (Å²) >= 11 is 0. The van der Waals surface area contributed by atoms with E-state index in [9.17, 15) is 5.11 Å². The highest BCUT2D eigenvalue weighted by Gasteiger charge is 2.73. The van der Waals surface area contributed by atoms with Crippen LogP contribution in [0.15, 0.2) is 103 Å². The minimum absolute atomic E-state index is 0.0149. The Morgan fingerprint density at radius 3 is 1.33 bits per heavy atom. The zero-order valence-corrected chi connectivity index (χ0v) is 89.1. The maximum Gasteiger partial charge on any atom is 0.166 e. The van der Waals surface area contributed by atoms with E-state index in [0.717, 1.165) is 103 Å². The molecule has 5 aromatic rings. The largest absolute Gasteiger partial charge is 0.488 e. The molecule has 1 N–H and O–H groups in total. The highest BCUT2D eigenvalue weighted by Crippen LogP contribution is 2.69. The van der Waals surface area contributed by atoms with Crippen LogP contribution in [-0.4, -0.2) is 160 Å². The number of piperidine rings is 5. The van der Waals surface area contributed by atoms with Gasteiger partial charge in [0.15, 0.2) is 23.0 Å². The lowest BCUT2D eigenvalue weighted by atomic mass is 9.48. The van der Waals surface area contributed by atoms with Gasteiger partial charge in [-0.2, -0.15) is 0 Å². The number of ether oxygens (including phenoxy) is 6. The number of hydrogen-bond donors (Lipinski definition) is 1. The fourth-order valence-electron chi connectivity index (χ4n) is 30.6. The third-order valence-corrected chi connectivity index (χ3v) is 36.0. The van der Waals surface area contributed by atoms with Crippen molar-refractivity contribution in [2.24, 2.45) is 29.6 Å². The number of fused-ring (bicyclic) bond motifs is 6. The molecule has 21 rings (SSSR count). The Morgan fingerprint density at radius 1 is 0.402 bits per heavy atom. The summed E-state index contributed by atoms with van der Waals surface area (Å²) in [7, 11) is 0. The molecule has 7 aliphatic heterocycles. The molecular formula is C120H179N5O7. The van der Waals surface area contributed by atoms with Gasteiger partial charge in [-0.1, -0.05) is 128 Å².